The van der Waals surface area contributed by atoms with Gasteiger partial charge in [0.2, 0.25) is 0 Å². The average molecular weight is 282 g/mol. The number of nitrogens with one attached hydrogen (secondary N) is 1. The van der Waals surface area contributed by atoms with Crippen molar-refractivity contribution in [1.29, 1.82) is 0 Å². The number of rotatable bonds is 4. The maximum absolute atomic E-state index is 12.1. The largest absolute Gasteiger partial charge is 0.382 e. The Balaban J connectivity index is 1.92. The Morgan fingerprint density at radius 1 is 1.42 bits per heavy atom. The zero-order chi connectivity index (χ0) is 13.8. The van der Waals surface area contributed by atoms with Crippen molar-refractivity contribution in [3.8, 4) is 0 Å². The first-order chi connectivity index (χ1) is 9.08. The first-order valence-electron chi connectivity index (χ1n) is 6.79. The highest BCUT2D eigenvalue weighted by atomic mass is 32.1. The highest BCUT2D eigenvalue weighted by Gasteiger charge is 2.19. The van der Waals surface area contributed by atoms with Gasteiger partial charge in [-0.05, 0) is 18.8 Å². The Labute approximate surface area is 118 Å². The molecule has 0 radical (unpaired) electrons. The monoisotopic (exact) mass is 282 g/mol. The molecule has 1 heterocycles. The Morgan fingerprint density at radius 3 is 2.68 bits per heavy atom. The van der Waals surface area contributed by atoms with E-state index in [1.165, 1.54) is 43.4 Å². The summed E-state index contributed by atoms with van der Waals surface area (Å²) >= 11 is 1.34. The zero-order valence-electron chi connectivity index (χ0n) is 11.6. The molecule has 0 saturated heterocycles. The van der Waals surface area contributed by atoms with E-state index >= 15 is 0 Å². The molecule has 1 amide bonds. The van der Waals surface area contributed by atoms with Crippen molar-refractivity contribution < 1.29 is 4.79 Å². The van der Waals surface area contributed by atoms with Crippen LogP contribution >= 0.6 is 11.3 Å². The lowest BCUT2D eigenvalue weighted by atomic mass is 9.89. The van der Waals surface area contributed by atoms with Gasteiger partial charge >= 0.3 is 0 Å². The number of anilines is 2. The van der Waals surface area contributed by atoms with E-state index in [4.69, 9.17) is 5.73 Å². The van der Waals surface area contributed by atoms with E-state index in [1.54, 1.807) is 0 Å². The minimum atomic E-state index is -0.0892. The maximum atomic E-state index is 12.1. The van der Waals surface area contributed by atoms with Crippen molar-refractivity contribution in [3.63, 3.8) is 0 Å². The summed E-state index contributed by atoms with van der Waals surface area (Å²) < 4.78 is 0. The van der Waals surface area contributed by atoms with E-state index in [0.29, 0.717) is 16.6 Å². The van der Waals surface area contributed by atoms with Crippen molar-refractivity contribution >= 4 is 28.2 Å². The van der Waals surface area contributed by atoms with Gasteiger partial charge in [-0.2, -0.15) is 0 Å². The number of hydrogen-bond acceptors (Lipinski definition) is 5. The molecular weight excluding hydrogens is 260 g/mol. The smallest absolute Gasteiger partial charge is 0.265 e. The summed E-state index contributed by atoms with van der Waals surface area (Å²) in [6.45, 7) is 0.757. The van der Waals surface area contributed by atoms with E-state index in [0.717, 1.165) is 11.7 Å². The van der Waals surface area contributed by atoms with Gasteiger partial charge < -0.3 is 16.0 Å². The van der Waals surface area contributed by atoms with Gasteiger partial charge in [0.1, 0.15) is 10.7 Å². The lowest BCUT2D eigenvalue weighted by Gasteiger charge is -2.21. The van der Waals surface area contributed by atoms with Gasteiger partial charge in [0.05, 0.1) is 0 Å². The fourth-order valence-corrected chi connectivity index (χ4v) is 3.21. The fourth-order valence-electron chi connectivity index (χ4n) is 2.38. The molecule has 1 saturated carbocycles. The van der Waals surface area contributed by atoms with Crippen LogP contribution in [0.3, 0.4) is 0 Å². The lowest BCUT2D eigenvalue weighted by molar-refractivity contribution is 0.0948. The number of aromatic nitrogens is 1. The molecule has 6 heteroatoms. The number of nitrogen functional groups attached to an aromatic ring is 1. The van der Waals surface area contributed by atoms with Gasteiger partial charge in [-0.1, -0.05) is 30.6 Å². The number of carbonyl (C=O) groups is 1. The summed E-state index contributed by atoms with van der Waals surface area (Å²) in [4.78, 5) is 18.7. The van der Waals surface area contributed by atoms with E-state index < -0.39 is 0 Å². The number of thiazole rings is 1. The molecule has 0 atom stereocenters. The van der Waals surface area contributed by atoms with Gasteiger partial charge in [0.15, 0.2) is 5.13 Å². The molecule has 0 bridgehead atoms. The standard InChI is InChI=1S/C13H22N4OS/c1-17(2)13-16-11(14)10(19-13)12(18)15-8-9-6-4-3-5-7-9/h9H,3-8,14H2,1-2H3,(H,15,18). The molecule has 106 valence electrons. The summed E-state index contributed by atoms with van der Waals surface area (Å²) in [6, 6.07) is 0. The molecule has 0 aromatic carbocycles. The van der Waals surface area contributed by atoms with Gasteiger partial charge in [-0.15, -0.1) is 0 Å². The normalized spacial score (nSPS) is 16.3. The third-order valence-corrected chi connectivity index (χ3v) is 4.74. The average Bonchev–Trinajstić information content (AvgIpc) is 2.80. The molecule has 0 aliphatic heterocycles. The predicted molar refractivity (Wildman–Crippen MR) is 79.8 cm³/mol. The van der Waals surface area contributed by atoms with E-state index in [2.05, 4.69) is 10.3 Å². The molecule has 2 rings (SSSR count). The predicted octanol–water partition coefficient (Wildman–Crippen LogP) is 2.10. The molecule has 5 nitrogen and oxygen atoms in total. The summed E-state index contributed by atoms with van der Waals surface area (Å²) in [5.41, 5.74) is 5.80. The molecule has 1 aliphatic rings. The summed E-state index contributed by atoms with van der Waals surface area (Å²) in [5, 5.41) is 3.76. The van der Waals surface area contributed by atoms with Crippen LogP contribution in [0.25, 0.3) is 0 Å². The SMILES string of the molecule is CN(C)c1nc(N)c(C(=O)NCC2CCCCC2)s1. The van der Waals surface area contributed by atoms with Crippen LogP contribution in [0.4, 0.5) is 10.9 Å². The molecule has 0 unspecified atom stereocenters. The van der Waals surface area contributed by atoms with Gasteiger partial charge in [-0.25, -0.2) is 4.98 Å². The number of nitrogens with two attached hydrogens (primary N) is 1. The molecule has 3 N–H and O–H groups in total. The lowest BCUT2D eigenvalue weighted by Crippen LogP contribution is -2.30. The van der Waals surface area contributed by atoms with Crippen molar-refractivity contribution in [2.24, 2.45) is 5.92 Å². The van der Waals surface area contributed by atoms with Gasteiger partial charge in [0.25, 0.3) is 5.91 Å². The van der Waals surface area contributed by atoms with Gasteiger partial charge in [-0.3, -0.25) is 4.79 Å². The molecule has 1 aliphatic carbocycles. The van der Waals surface area contributed by atoms with Crippen LogP contribution in [0.1, 0.15) is 41.8 Å². The number of carbonyl (C=O) groups excluding carboxylic acids is 1. The summed E-state index contributed by atoms with van der Waals surface area (Å²) in [7, 11) is 3.78. The van der Waals surface area contributed by atoms with Crippen molar-refractivity contribution in [3.05, 3.63) is 4.88 Å². The summed E-state index contributed by atoms with van der Waals surface area (Å²) in [6.07, 6.45) is 6.35. The molecule has 1 aromatic rings. The molecular formula is C13H22N4OS. The van der Waals surface area contributed by atoms with Gasteiger partial charge in [0, 0.05) is 20.6 Å². The van der Waals surface area contributed by atoms with Crippen molar-refractivity contribution in [1.82, 2.24) is 10.3 Å². The van der Waals surface area contributed by atoms with Crippen LogP contribution in [-0.4, -0.2) is 31.5 Å². The van der Waals surface area contributed by atoms with Crippen molar-refractivity contribution in [2.45, 2.75) is 32.1 Å². The number of hydrogen-bond donors (Lipinski definition) is 2. The Kier molecular flexibility index (Phi) is 4.63. The van der Waals surface area contributed by atoms with Crippen LogP contribution in [0, 0.1) is 5.92 Å². The Hall–Kier alpha value is -1.30. The van der Waals surface area contributed by atoms with Crippen LogP contribution in [0.2, 0.25) is 0 Å². The maximum Gasteiger partial charge on any atom is 0.265 e. The minimum Gasteiger partial charge on any atom is -0.382 e. The zero-order valence-corrected chi connectivity index (χ0v) is 12.4. The number of nitrogens with zero attached hydrogens (tertiary/aromatic N) is 2. The highest BCUT2D eigenvalue weighted by Crippen LogP contribution is 2.27. The third kappa shape index (κ3) is 3.59. The van der Waals surface area contributed by atoms with Crippen LogP contribution in [0.15, 0.2) is 0 Å². The first-order valence-corrected chi connectivity index (χ1v) is 7.61. The molecule has 19 heavy (non-hydrogen) atoms. The van der Waals surface area contributed by atoms with Crippen molar-refractivity contribution in [2.75, 3.05) is 31.3 Å². The molecule has 1 aromatic heterocycles. The quantitative estimate of drug-likeness (QED) is 0.887. The fraction of sp³-hybridized carbons (Fsp3) is 0.692. The van der Waals surface area contributed by atoms with E-state index in [-0.39, 0.29) is 5.91 Å². The van der Waals surface area contributed by atoms with Crippen LogP contribution in [-0.2, 0) is 0 Å². The van der Waals surface area contributed by atoms with E-state index in [1.807, 2.05) is 19.0 Å². The minimum absolute atomic E-state index is 0.0892. The summed E-state index contributed by atoms with van der Waals surface area (Å²) in [5.74, 6) is 0.865. The van der Waals surface area contributed by atoms with Crippen LogP contribution < -0.4 is 16.0 Å². The van der Waals surface area contributed by atoms with E-state index in [9.17, 15) is 4.79 Å². The molecule has 1 fully saturated rings. The first kappa shape index (κ1) is 14.1. The molecule has 0 spiro atoms. The third-order valence-electron chi connectivity index (χ3n) is 3.51. The highest BCUT2D eigenvalue weighted by molar-refractivity contribution is 7.18. The topological polar surface area (TPSA) is 71.2 Å². The Bertz CT molecular complexity index is 438. The second kappa shape index (κ2) is 6.23. The second-order valence-electron chi connectivity index (χ2n) is 5.32. The number of amides is 1. The Morgan fingerprint density at radius 2 is 2.11 bits per heavy atom. The van der Waals surface area contributed by atoms with Crippen LogP contribution in [0.5, 0.6) is 0 Å². The second-order valence-corrected chi connectivity index (χ2v) is 6.30.